The van der Waals surface area contributed by atoms with E-state index in [4.69, 9.17) is 0 Å². The van der Waals surface area contributed by atoms with E-state index in [0.717, 1.165) is 17.5 Å². The van der Waals surface area contributed by atoms with Crippen molar-refractivity contribution in [3.63, 3.8) is 0 Å². The van der Waals surface area contributed by atoms with Crippen molar-refractivity contribution < 1.29 is 19.5 Å². The molecule has 1 aromatic carbocycles. The van der Waals surface area contributed by atoms with Crippen molar-refractivity contribution in [3.8, 4) is 0 Å². The average Bonchev–Trinajstić information content (AvgIpc) is 2.92. The van der Waals surface area contributed by atoms with E-state index in [-0.39, 0.29) is 18.0 Å². The molecule has 2 heterocycles. The Balaban J connectivity index is 1.82. The van der Waals surface area contributed by atoms with E-state index in [1.807, 2.05) is 39.0 Å². The number of carbonyl (C=O) groups is 3. The third-order valence-corrected chi connectivity index (χ3v) is 5.83. The van der Waals surface area contributed by atoms with E-state index < -0.39 is 23.6 Å². The van der Waals surface area contributed by atoms with Gasteiger partial charge in [-0.3, -0.25) is 24.0 Å². The first kappa shape index (κ1) is 22.6. The molecule has 0 aliphatic carbocycles. The number of benzene rings is 1. The first-order valence-electron chi connectivity index (χ1n) is 10.6. The molecule has 9 nitrogen and oxygen atoms in total. The van der Waals surface area contributed by atoms with Gasteiger partial charge < -0.3 is 10.0 Å². The fourth-order valence-corrected chi connectivity index (χ4v) is 4.25. The van der Waals surface area contributed by atoms with Crippen molar-refractivity contribution in [1.29, 1.82) is 0 Å². The first-order chi connectivity index (χ1) is 14.5. The number of amides is 3. The monoisotopic (exact) mass is 430 g/mol. The van der Waals surface area contributed by atoms with Crippen LogP contribution < -0.4 is 11.0 Å². The number of nitrogens with zero attached hydrogens (tertiary/aromatic N) is 3. The highest BCUT2D eigenvalue weighted by Gasteiger charge is 2.31. The Morgan fingerprint density at radius 2 is 1.94 bits per heavy atom. The third kappa shape index (κ3) is 4.50. The van der Waals surface area contributed by atoms with E-state index in [1.54, 1.807) is 11.6 Å². The maximum Gasteiger partial charge on any atom is 0.407 e. The molecule has 3 amide bonds. The van der Waals surface area contributed by atoms with Crippen LogP contribution in [0, 0.1) is 0 Å². The second kappa shape index (κ2) is 8.56. The van der Waals surface area contributed by atoms with Gasteiger partial charge in [0.2, 0.25) is 11.8 Å². The largest absolute Gasteiger partial charge is 0.465 e. The summed E-state index contributed by atoms with van der Waals surface area (Å²) in [6, 6.07) is 4.92. The van der Waals surface area contributed by atoms with Crippen molar-refractivity contribution >= 4 is 28.9 Å². The van der Waals surface area contributed by atoms with Gasteiger partial charge >= 0.3 is 11.8 Å². The van der Waals surface area contributed by atoms with Crippen LogP contribution in [0.4, 0.5) is 4.79 Å². The molecule has 1 aliphatic heterocycles. The summed E-state index contributed by atoms with van der Waals surface area (Å²) in [6.07, 6.45) is 1.71. The van der Waals surface area contributed by atoms with Crippen molar-refractivity contribution in [2.75, 3.05) is 6.54 Å². The minimum absolute atomic E-state index is 0.201. The predicted molar refractivity (Wildman–Crippen MR) is 116 cm³/mol. The number of hydrogen-bond donors (Lipinski definition) is 2. The number of carboxylic acid groups (broad SMARTS) is 1. The molecule has 9 heteroatoms. The van der Waals surface area contributed by atoms with Crippen molar-refractivity contribution in [2.24, 2.45) is 7.05 Å². The van der Waals surface area contributed by atoms with Gasteiger partial charge in [-0.25, -0.2) is 9.59 Å². The number of unbranched alkanes of at least 4 members (excludes halogenated alkanes) is 1. The molecule has 2 aromatic rings. The average molecular weight is 431 g/mol. The summed E-state index contributed by atoms with van der Waals surface area (Å²) < 4.78 is 3.03. The molecule has 1 unspecified atom stereocenters. The van der Waals surface area contributed by atoms with Crippen LogP contribution >= 0.6 is 0 Å². The van der Waals surface area contributed by atoms with E-state index in [9.17, 15) is 24.3 Å². The summed E-state index contributed by atoms with van der Waals surface area (Å²) in [5, 5.41) is 11.7. The summed E-state index contributed by atoms with van der Waals surface area (Å²) in [6.45, 7) is 6.05. The molecule has 2 N–H and O–H groups in total. The third-order valence-electron chi connectivity index (χ3n) is 5.83. The smallest absolute Gasteiger partial charge is 0.407 e. The summed E-state index contributed by atoms with van der Waals surface area (Å²) in [5.41, 5.74) is 1.65. The molecule has 1 aliphatic rings. The molecule has 31 heavy (non-hydrogen) atoms. The second-order valence-electron chi connectivity index (χ2n) is 9.03. The minimum Gasteiger partial charge on any atom is -0.465 e. The number of imide groups is 1. The number of hydrogen-bond acceptors (Lipinski definition) is 4. The summed E-state index contributed by atoms with van der Waals surface area (Å²) in [4.78, 5) is 49.7. The maximum atomic E-state index is 13.0. The molecule has 1 saturated heterocycles. The van der Waals surface area contributed by atoms with Gasteiger partial charge in [0.15, 0.2) is 0 Å². The van der Waals surface area contributed by atoms with Gasteiger partial charge in [0.05, 0.1) is 11.0 Å². The topological polar surface area (TPSA) is 114 Å². The summed E-state index contributed by atoms with van der Waals surface area (Å²) in [7, 11) is 1.68. The normalized spacial score (nSPS) is 17.1. The molecule has 0 spiro atoms. The Morgan fingerprint density at radius 3 is 2.55 bits per heavy atom. The lowest BCUT2D eigenvalue weighted by Crippen LogP contribution is -2.45. The number of nitrogens with one attached hydrogen (secondary N) is 1. The standard InChI is InChI=1S/C22H30N4O5/c1-22(2,3)25(21(30)31)13-6-5-8-14-9-7-10-15-18(14)24(4)20(29)26(15)16-11-12-17(27)23-19(16)28/h7,9-10,16H,5-6,8,11-13H2,1-4H3,(H,30,31)(H,23,27,28). The highest BCUT2D eigenvalue weighted by Crippen LogP contribution is 2.26. The lowest BCUT2D eigenvalue weighted by atomic mass is 10.0. The number of fused-ring (bicyclic) bond motifs is 1. The van der Waals surface area contributed by atoms with Gasteiger partial charge in [-0.15, -0.1) is 0 Å². The molecular formula is C22H30N4O5. The zero-order chi connectivity index (χ0) is 22.9. The van der Waals surface area contributed by atoms with Crippen molar-refractivity contribution in [2.45, 2.75) is 64.5 Å². The van der Waals surface area contributed by atoms with Gasteiger partial charge in [0.1, 0.15) is 6.04 Å². The Morgan fingerprint density at radius 1 is 1.23 bits per heavy atom. The molecule has 0 radical (unpaired) electrons. The highest BCUT2D eigenvalue weighted by molar-refractivity contribution is 6.00. The number of aromatic nitrogens is 2. The summed E-state index contributed by atoms with van der Waals surface area (Å²) in [5.74, 6) is -0.770. The van der Waals surface area contributed by atoms with Gasteiger partial charge in [0, 0.05) is 25.6 Å². The fourth-order valence-electron chi connectivity index (χ4n) is 4.25. The fraction of sp³-hybridized carbons (Fsp3) is 0.545. The second-order valence-corrected chi connectivity index (χ2v) is 9.03. The molecular weight excluding hydrogens is 400 g/mol. The van der Waals surface area contributed by atoms with E-state index in [2.05, 4.69) is 5.32 Å². The minimum atomic E-state index is -0.932. The van der Waals surface area contributed by atoms with E-state index in [0.29, 0.717) is 31.3 Å². The Kier molecular flexibility index (Phi) is 6.24. The maximum absolute atomic E-state index is 13.0. The Hall–Kier alpha value is -3.10. The van der Waals surface area contributed by atoms with Gasteiger partial charge in [-0.05, 0) is 58.1 Å². The zero-order valence-corrected chi connectivity index (χ0v) is 18.5. The van der Waals surface area contributed by atoms with Crippen LogP contribution in [0.3, 0.4) is 0 Å². The van der Waals surface area contributed by atoms with Crippen molar-refractivity contribution in [1.82, 2.24) is 19.4 Å². The number of rotatable bonds is 6. The van der Waals surface area contributed by atoms with E-state index >= 15 is 0 Å². The molecule has 1 atom stereocenters. The number of imidazole rings is 1. The van der Waals surface area contributed by atoms with Gasteiger partial charge in [0.25, 0.3) is 0 Å². The number of para-hydroxylation sites is 1. The predicted octanol–water partition coefficient (Wildman–Crippen LogP) is 2.42. The van der Waals surface area contributed by atoms with Gasteiger partial charge in [-0.2, -0.15) is 0 Å². The van der Waals surface area contributed by atoms with Gasteiger partial charge in [-0.1, -0.05) is 12.1 Å². The van der Waals surface area contributed by atoms with Crippen molar-refractivity contribution in [3.05, 3.63) is 34.2 Å². The zero-order valence-electron chi connectivity index (χ0n) is 18.5. The lowest BCUT2D eigenvalue weighted by molar-refractivity contribution is -0.135. The lowest BCUT2D eigenvalue weighted by Gasteiger charge is -2.33. The Bertz CT molecular complexity index is 1080. The van der Waals surface area contributed by atoms with Crippen LogP contribution in [0.5, 0.6) is 0 Å². The summed E-state index contributed by atoms with van der Waals surface area (Å²) >= 11 is 0. The molecule has 1 fully saturated rings. The number of aryl methyl sites for hydroxylation is 2. The molecule has 0 bridgehead atoms. The van der Waals surface area contributed by atoms with Crippen LogP contribution in [0.15, 0.2) is 23.0 Å². The number of piperidine rings is 1. The highest BCUT2D eigenvalue weighted by atomic mass is 16.4. The first-order valence-corrected chi connectivity index (χ1v) is 10.6. The number of carbonyl (C=O) groups excluding carboxylic acids is 2. The SMILES string of the molecule is Cn1c(=O)n(C2CCC(=O)NC2=O)c2cccc(CCCCN(C(=O)O)C(C)(C)C)c21. The Labute approximate surface area is 180 Å². The van der Waals surface area contributed by atoms with Crippen LogP contribution in [-0.4, -0.2) is 49.1 Å². The quantitative estimate of drug-likeness (QED) is 0.540. The van der Waals surface area contributed by atoms with Crippen LogP contribution in [0.1, 0.15) is 58.1 Å². The molecule has 1 aromatic heterocycles. The van der Waals surface area contributed by atoms with Crippen LogP contribution in [0.2, 0.25) is 0 Å². The van der Waals surface area contributed by atoms with Crippen LogP contribution in [-0.2, 0) is 23.1 Å². The van der Waals surface area contributed by atoms with Crippen LogP contribution in [0.25, 0.3) is 11.0 Å². The molecule has 0 saturated carbocycles. The molecule has 168 valence electrons. The van der Waals surface area contributed by atoms with E-state index in [1.165, 1.54) is 9.47 Å². The molecule has 3 rings (SSSR count).